The molecule has 3 heterocycles. The number of nitro groups is 1. The number of aromatic nitrogens is 2. The van der Waals surface area contributed by atoms with Crippen molar-refractivity contribution in [2.75, 3.05) is 18.0 Å². The molecule has 0 aromatic carbocycles. The van der Waals surface area contributed by atoms with Crippen LogP contribution in [-0.4, -0.2) is 33.6 Å². The Balaban J connectivity index is 2.13. The summed E-state index contributed by atoms with van der Waals surface area (Å²) in [6.45, 7) is -0.261. The SMILES string of the molecule is O=c1c([N+](=O)[O-])c(N2CCCC(C(F)(F)F)C2)nc2ccccn12. The Morgan fingerprint density at radius 1 is 1.33 bits per heavy atom. The van der Waals surface area contributed by atoms with Crippen LogP contribution in [0.3, 0.4) is 0 Å². The van der Waals surface area contributed by atoms with Gasteiger partial charge in [0.1, 0.15) is 5.65 Å². The average Bonchev–Trinajstić information content (AvgIpc) is 2.53. The molecule has 0 amide bonds. The fraction of sp³-hybridized carbons (Fsp3) is 0.429. The summed E-state index contributed by atoms with van der Waals surface area (Å²) in [5, 5.41) is 11.3. The van der Waals surface area contributed by atoms with E-state index in [-0.39, 0.29) is 30.9 Å². The summed E-state index contributed by atoms with van der Waals surface area (Å²) in [4.78, 5) is 28.0. The number of rotatable bonds is 2. The molecule has 1 saturated heterocycles. The number of anilines is 1. The van der Waals surface area contributed by atoms with Crippen molar-refractivity contribution < 1.29 is 18.1 Å². The number of nitrogens with zero attached hydrogens (tertiary/aromatic N) is 4. The molecule has 1 unspecified atom stereocenters. The summed E-state index contributed by atoms with van der Waals surface area (Å²) in [6, 6.07) is 4.58. The molecule has 10 heteroatoms. The van der Waals surface area contributed by atoms with Crippen LogP contribution in [0.2, 0.25) is 0 Å². The maximum Gasteiger partial charge on any atom is 0.393 e. The molecule has 0 bridgehead atoms. The van der Waals surface area contributed by atoms with Gasteiger partial charge in [-0.2, -0.15) is 13.2 Å². The van der Waals surface area contributed by atoms with E-state index in [2.05, 4.69) is 4.98 Å². The van der Waals surface area contributed by atoms with Crippen molar-refractivity contribution in [2.45, 2.75) is 19.0 Å². The molecule has 7 nitrogen and oxygen atoms in total. The second-order valence-electron chi connectivity index (χ2n) is 5.60. The van der Waals surface area contributed by atoms with Gasteiger partial charge in [-0.1, -0.05) is 6.07 Å². The van der Waals surface area contributed by atoms with Gasteiger partial charge in [0.25, 0.3) is 0 Å². The molecule has 0 radical (unpaired) electrons. The second-order valence-corrected chi connectivity index (χ2v) is 5.60. The smallest absolute Gasteiger partial charge is 0.350 e. The number of pyridine rings is 1. The average molecular weight is 342 g/mol. The monoisotopic (exact) mass is 342 g/mol. The summed E-state index contributed by atoms with van der Waals surface area (Å²) in [7, 11) is 0. The minimum atomic E-state index is -4.39. The van der Waals surface area contributed by atoms with Gasteiger partial charge in [0.15, 0.2) is 0 Å². The standard InChI is InChI=1S/C14H13F3N4O3/c15-14(16,17)9-4-3-6-19(8-9)12-11(21(23)24)13(22)20-7-2-1-5-10(20)18-12/h1-2,5,7,9H,3-4,6,8H2. The number of hydrogen-bond acceptors (Lipinski definition) is 5. The van der Waals surface area contributed by atoms with Crippen LogP contribution >= 0.6 is 0 Å². The van der Waals surface area contributed by atoms with E-state index in [4.69, 9.17) is 0 Å². The third-order valence-corrected chi connectivity index (χ3v) is 4.06. The van der Waals surface area contributed by atoms with E-state index in [1.54, 1.807) is 6.07 Å². The number of alkyl halides is 3. The lowest BCUT2D eigenvalue weighted by molar-refractivity contribution is -0.385. The van der Waals surface area contributed by atoms with Crippen molar-refractivity contribution in [3.8, 4) is 0 Å². The first-order valence-electron chi connectivity index (χ1n) is 7.26. The van der Waals surface area contributed by atoms with E-state index in [1.165, 1.54) is 23.2 Å². The number of piperidine rings is 1. The van der Waals surface area contributed by atoms with E-state index in [0.717, 1.165) is 4.40 Å². The number of fused-ring (bicyclic) bond motifs is 1. The first kappa shape index (κ1) is 16.2. The van der Waals surface area contributed by atoms with E-state index in [0.29, 0.717) is 0 Å². The molecule has 3 rings (SSSR count). The van der Waals surface area contributed by atoms with Crippen LogP contribution in [0.4, 0.5) is 24.7 Å². The predicted molar refractivity (Wildman–Crippen MR) is 79.1 cm³/mol. The van der Waals surface area contributed by atoms with Crippen LogP contribution < -0.4 is 10.5 Å². The third kappa shape index (κ3) is 2.79. The van der Waals surface area contributed by atoms with Gasteiger partial charge in [-0.3, -0.25) is 19.3 Å². The minimum absolute atomic E-state index is 0.0413. The second kappa shape index (κ2) is 5.77. The molecular weight excluding hydrogens is 329 g/mol. The van der Waals surface area contributed by atoms with Gasteiger partial charge in [0.05, 0.1) is 10.8 Å². The zero-order valence-corrected chi connectivity index (χ0v) is 12.4. The van der Waals surface area contributed by atoms with Gasteiger partial charge in [-0.25, -0.2) is 4.98 Å². The van der Waals surface area contributed by atoms with Crippen LogP contribution in [0.15, 0.2) is 29.2 Å². The highest BCUT2D eigenvalue weighted by molar-refractivity contribution is 5.61. The summed E-state index contributed by atoms with van der Waals surface area (Å²) < 4.78 is 39.9. The molecule has 1 fully saturated rings. The molecule has 2 aromatic heterocycles. The lowest BCUT2D eigenvalue weighted by Gasteiger charge is -2.34. The Morgan fingerprint density at radius 2 is 2.08 bits per heavy atom. The molecule has 1 aliphatic rings. The lowest BCUT2D eigenvalue weighted by Crippen LogP contribution is -2.43. The molecule has 128 valence electrons. The van der Waals surface area contributed by atoms with E-state index < -0.39 is 34.8 Å². The Labute approximate surface area is 133 Å². The van der Waals surface area contributed by atoms with E-state index >= 15 is 0 Å². The Hall–Kier alpha value is -2.65. The third-order valence-electron chi connectivity index (χ3n) is 4.06. The summed E-state index contributed by atoms with van der Waals surface area (Å²) in [6.07, 6.45) is -2.88. The van der Waals surface area contributed by atoms with Crippen LogP contribution in [0, 0.1) is 16.0 Å². The normalized spacial score (nSPS) is 18.8. The predicted octanol–water partition coefficient (Wildman–Crippen LogP) is 2.38. The van der Waals surface area contributed by atoms with Crippen molar-refractivity contribution in [2.24, 2.45) is 5.92 Å². The molecule has 0 saturated carbocycles. The van der Waals surface area contributed by atoms with Crippen LogP contribution in [0.1, 0.15) is 12.8 Å². The molecule has 1 atom stereocenters. The van der Waals surface area contributed by atoms with Gasteiger partial charge in [-0.05, 0) is 25.0 Å². The van der Waals surface area contributed by atoms with E-state index in [9.17, 15) is 28.1 Å². The fourth-order valence-corrected chi connectivity index (χ4v) is 2.89. The zero-order valence-electron chi connectivity index (χ0n) is 12.4. The van der Waals surface area contributed by atoms with Gasteiger partial charge >= 0.3 is 17.4 Å². The Morgan fingerprint density at radius 3 is 2.75 bits per heavy atom. The number of halogens is 3. The van der Waals surface area contributed by atoms with Gasteiger partial charge in [0.2, 0.25) is 5.82 Å². The molecular formula is C14H13F3N4O3. The molecule has 0 spiro atoms. The van der Waals surface area contributed by atoms with Crippen molar-refractivity contribution >= 4 is 17.2 Å². The maximum absolute atomic E-state index is 13.0. The van der Waals surface area contributed by atoms with Crippen molar-refractivity contribution in [3.63, 3.8) is 0 Å². The molecule has 24 heavy (non-hydrogen) atoms. The fourth-order valence-electron chi connectivity index (χ4n) is 2.89. The van der Waals surface area contributed by atoms with Crippen LogP contribution in [-0.2, 0) is 0 Å². The molecule has 0 N–H and O–H groups in total. The first-order chi connectivity index (χ1) is 11.3. The van der Waals surface area contributed by atoms with Crippen LogP contribution in [0.5, 0.6) is 0 Å². The molecule has 1 aliphatic heterocycles. The summed E-state index contributed by atoms with van der Waals surface area (Å²) >= 11 is 0. The van der Waals surface area contributed by atoms with Crippen molar-refractivity contribution in [1.29, 1.82) is 0 Å². The van der Waals surface area contributed by atoms with Gasteiger partial charge in [-0.15, -0.1) is 0 Å². The molecule has 0 aliphatic carbocycles. The highest BCUT2D eigenvalue weighted by Crippen LogP contribution is 2.35. The van der Waals surface area contributed by atoms with E-state index in [1.807, 2.05) is 0 Å². The maximum atomic E-state index is 13.0. The first-order valence-corrected chi connectivity index (χ1v) is 7.26. The highest BCUT2D eigenvalue weighted by atomic mass is 19.4. The van der Waals surface area contributed by atoms with Gasteiger partial charge < -0.3 is 4.90 Å². The topological polar surface area (TPSA) is 80.8 Å². The zero-order chi connectivity index (χ0) is 17.5. The van der Waals surface area contributed by atoms with Crippen molar-refractivity contribution in [1.82, 2.24) is 9.38 Å². The van der Waals surface area contributed by atoms with Gasteiger partial charge in [0, 0.05) is 19.3 Å². The molecule has 2 aromatic rings. The Kier molecular flexibility index (Phi) is 3.90. The Bertz CT molecular complexity index is 849. The lowest BCUT2D eigenvalue weighted by atomic mass is 9.97. The van der Waals surface area contributed by atoms with Crippen molar-refractivity contribution in [3.05, 3.63) is 44.9 Å². The minimum Gasteiger partial charge on any atom is -0.350 e. The largest absolute Gasteiger partial charge is 0.393 e. The summed E-state index contributed by atoms with van der Waals surface area (Å²) in [5.41, 5.74) is -1.56. The highest BCUT2D eigenvalue weighted by Gasteiger charge is 2.43. The van der Waals surface area contributed by atoms with Crippen LogP contribution in [0.25, 0.3) is 5.65 Å². The quantitative estimate of drug-likeness (QED) is 0.618. The summed E-state index contributed by atoms with van der Waals surface area (Å²) in [5.74, 6) is -1.90. The number of hydrogen-bond donors (Lipinski definition) is 0.